The topological polar surface area (TPSA) is 72.2 Å². The molecule has 0 aliphatic rings. The van der Waals surface area contributed by atoms with Crippen LogP contribution in [0.1, 0.15) is 46.5 Å². The van der Waals surface area contributed by atoms with Crippen LogP contribution >= 0.6 is 0 Å². The van der Waals surface area contributed by atoms with E-state index in [4.69, 9.17) is 5.73 Å². The second-order valence-corrected chi connectivity index (χ2v) is 6.54. The third-order valence-electron chi connectivity index (χ3n) is 3.27. The fraction of sp³-hybridized carbons (Fsp3) is 0.923. The highest BCUT2D eigenvalue weighted by Gasteiger charge is 2.34. The average molecular weight is 276 g/mol. The molecule has 18 heavy (non-hydrogen) atoms. The van der Waals surface area contributed by atoms with Gasteiger partial charge in [0.15, 0.2) is 0 Å². The standard InChI is InChI=1S/C13H28N2O2S/c1-4-7-13(11-14,8-5-2)12(16)15-9-10-18(17)6-3/h4-11,14H2,1-3H3,(H,15,16). The Balaban J connectivity index is 4.41. The van der Waals surface area contributed by atoms with Crippen LogP contribution in [0.2, 0.25) is 0 Å². The third-order valence-corrected chi connectivity index (χ3v) is 4.57. The van der Waals surface area contributed by atoms with E-state index in [0.717, 1.165) is 25.7 Å². The molecule has 0 aromatic heterocycles. The normalized spacial score (nSPS) is 13.3. The van der Waals surface area contributed by atoms with Crippen LogP contribution in [0, 0.1) is 5.41 Å². The molecule has 0 radical (unpaired) electrons. The Labute approximate surface area is 114 Å². The van der Waals surface area contributed by atoms with E-state index in [1.165, 1.54) is 0 Å². The van der Waals surface area contributed by atoms with Gasteiger partial charge in [-0.15, -0.1) is 0 Å². The highest BCUT2D eigenvalue weighted by atomic mass is 32.2. The summed E-state index contributed by atoms with van der Waals surface area (Å²) in [4.78, 5) is 12.3. The predicted octanol–water partition coefficient (Wildman–Crippen LogP) is 1.42. The van der Waals surface area contributed by atoms with Crippen LogP contribution in [0.5, 0.6) is 0 Å². The smallest absolute Gasteiger partial charge is 0.227 e. The lowest BCUT2D eigenvalue weighted by Crippen LogP contribution is -2.46. The molecule has 1 unspecified atom stereocenters. The summed E-state index contributed by atoms with van der Waals surface area (Å²) >= 11 is 0. The molecule has 3 N–H and O–H groups in total. The van der Waals surface area contributed by atoms with Crippen molar-refractivity contribution in [3.63, 3.8) is 0 Å². The molecule has 0 saturated heterocycles. The van der Waals surface area contributed by atoms with Crippen LogP contribution in [0.25, 0.3) is 0 Å². The van der Waals surface area contributed by atoms with Gasteiger partial charge >= 0.3 is 0 Å². The minimum absolute atomic E-state index is 0.0294. The first-order valence-corrected chi connectivity index (χ1v) is 8.38. The Hall–Kier alpha value is -0.420. The zero-order valence-corrected chi connectivity index (χ0v) is 12.8. The number of nitrogens with two attached hydrogens (primary N) is 1. The molecule has 0 spiro atoms. The number of amides is 1. The van der Waals surface area contributed by atoms with E-state index in [2.05, 4.69) is 19.2 Å². The third kappa shape index (κ3) is 5.48. The maximum atomic E-state index is 12.3. The summed E-state index contributed by atoms with van der Waals surface area (Å²) in [5, 5.41) is 2.90. The quantitative estimate of drug-likeness (QED) is 0.634. The van der Waals surface area contributed by atoms with Gasteiger partial charge in [0.25, 0.3) is 0 Å². The van der Waals surface area contributed by atoms with Gasteiger partial charge in [-0.3, -0.25) is 9.00 Å². The molecule has 0 aromatic rings. The van der Waals surface area contributed by atoms with Gasteiger partial charge in [-0.2, -0.15) is 0 Å². The van der Waals surface area contributed by atoms with E-state index in [-0.39, 0.29) is 5.91 Å². The largest absolute Gasteiger partial charge is 0.355 e. The van der Waals surface area contributed by atoms with Gasteiger partial charge in [-0.25, -0.2) is 0 Å². The monoisotopic (exact) mass is 276 g/mol. The number of carbonyl (C=O) groups is 1. The lowest BCUT2D eigenvalue weighted by atomic mass is 9.78. The number of carbonyl (C=O) groups excluding carboxylic acids is 1. The molecule has 5 heteroatoms. The van der Waals surface area contributed by atoms with Crippen LogP contribution in [-0.2, 0) is 15.6 Å². The Morgan fingerprint density at radius 1 is 1.22 bits per heavy atom. The summed E-state index contributed by atoms with van der Waals surface area (Å²) in [5.41, 5.74) is 5.38. The van der Waals surface area contributed by atoms with Crippen molar-refractivity contribution in [1.82, 2.24) is 5.32 Å². The van der Waals surface area contributed by atoms with Gasteiger partial charge < -0.3 is 11.1 Å². The molecule has 1 amide bonds. The highest BCUT2D eigenvalue weighted by Crippen LogP contribution is 2.28. The molecular formula is C13H28N2O2S. The van der Waals surface area contributed by atoms with E-state index in [1.54, 1.807) is 0 Å². The first-order chi connectivity index (χ1) is 8.56. The Bertz CT molecular complexity index is 264. The van der Waals surface area contributed by atoms with Crippen LogP contribution in [0.4, 0.5) is 0 Å². The van der Waals surface area contributed by atoms with Crippen molar-refractivity contribution in [1.29, 1.82) is 0 Å². The van der Waals surface area contributed by atoms with Crippen molar-refractivity contribution in [3.8, 4) is 0 Å². The molecule has 1 atom stereocenters. The first-order valence-electron chi connectivity index (χ1n) is 6.89. The Morgan fingerprint density at radius 3 is 2.17 bits per heavy atom. The van der Waals surface area contributed by atoms with Crippen molar-refractivity contribution in [2.45, 2.75) is 46.5 Å². The van der Waals surface area contributed by atoms with Gasteiger partial charge in [0.05, 0.1) is 5.41 Å². The van der Waals surface area contributed by atoms with Gasteiger partial charge in [0, 0.05) is 35.4 Å². The molecule has 0 saturated carbocycles. The van der Waals surface area contributed by atoms with Crippen LogP contribution in [0.3, 0.4) is 0 Å². The summed E-state index contributed by atoms with van der Waals surface area (Å²) in [6.45, 7) is 6.89. The molecule has 0 aliphatic heterocycles. The average Bonchev–Trinajstić information content (AvgIpc) is 2.37. The number of hydrogen-bond donors (Lipinski definition) is 2. The van der Waals surface area contributed by atoms with E-state index in [0.29, 0.717) is 24.6 Å². The predicted molar refractivity (Wildman–Crippen MR) is 77.9 cm³/mol. The second-order valence-electron chi connectivity index (χ2n) is 4.67. The molecule has 0 heterocycles. The number of rotatable bonds is 10. The van der Waals surface area contributed by atoms with E-state index in [9.17, 15) is 9.00 Å². The molecular weight excluding hydrogens is 248 g/mol. The minimum Gasteiger partial charge on any atom is -0.355 e. The maximum Gasteiger partial charge on any atom is 0.227 e. The van der Waals surface area contributed by atoms with Crippen molar-refractivity contribution in [3.05, 3.63) is 0 Å². The number of nitrogens with one attached hydrogen (secondary N) is 1. The Morgan fingerprint density at radius 2 is 1.78 bits per heavy atom. The lowest BCUT2D eigenvalue weighted by Gasteiger charge is -2.30. The van der Waals surface area contributed by atoms with Gasteiger partial charge in [-0.1, -0.05) is 33.6 Å². The van der Waals surface area contributed by atoms with Crippen molar-refractivity contribution in [2.24, 2.45) is 11.1 Å². The fourth-order valence-electron chi connectivity index (χ4n) is 2.22. The molecule has 108 valence electrons. The summed E-state index contributed by atoms with van der Waals surface area (Å²) in [7, 11) is -0.826. The summed E-state index contributed by atoms with van der Waals surface area (Å²) in [6, 6.07) is 0. The summed E-state index contributed by atoms with van der Waals surface area (Å²) < 4.78 is 11.3. The van der Waals surface area contributed by atoms with Crippen molar-refractivity contribution in [2.75, 3.05) is 24.6 Å². The summed E-state index contributed by atoms with van der Waals surface area (Å²) in [5.74, 6) is 1.20. The van der Waals surface area contributed by atoms with E-state index < -0.39 is 16.2 Å². The molecule has 4 nitrogen and oxygen atoms in total. The van der Waals surface area contributed by atoms with E-state index in [1.807, 2.05) is 6.92 Å². The van der Waals surface area contributed by atoms with E-state index >= 15 is 0 Å². The SMILES string of the molecule is CCCC(CN)(CCC)C(=O)NCCS(=O)CC. The lowest BCUT2D eigenvalue weighted by molar-refractivity contribution is -0.131. The Kier molecular flexibility index (Phi) is 9.28. The van der Waals surface area contributed by atoms with Crippen molar-refractivity contribution < 1.29 is 9.00 Å². The summed E-state index contributed by atoms with van der Waals surface area (Å²) in [6.07, 6.45) is 3.54. The van der Waals surface area contributed by atoms with Gasteiger partial charge in [0.2, 0.25) is 5.91 Å². The molecule has 0 bridgehead atoms. The zero-order chi connectivity index (χ0) is 14.0. The second kappa shape index (κ2) is 9.50. The number of hydrogen-bond acceptors (Lipinski definition) is 3. The first kappa shape index (κ1) is 17.6. The minimum atomic E-state index is -0.826. The fourth-order valence-corrected chi connectivity index (χ4v) is 2.83. The van der Waals surface area contributed by atoms with Gasteiger partial charge in [0.1, 0.15) is 0 Å². The zero-order valence-electron chi connectivity index (χ0n) is 12.0. The maximum absolute atomic E-state index is 12.3. The van der Waals surface area contributed by atoms with Crippen LogP contribution in [-0.4, -0.2) is 34.7 Å². The van der Waals surface area contributed by atoms with Crippen LogP contribution < -0.4 is 11.1 Å². The van der Waals surface area contributed by atoms with Crippen molar-refractivity contribution >= 4 is 16.7 Å². The molecule has 0 rings (SSSR count). The highest BCUT2D eigenvalue weighted by molar-refractivity contribution is 7.84. The molecule has 0 fully saturated rings. The molecule has 0 aromatic carbocycles. The molecule has 0 aliphatic carbocycles. The van der Waals surface area contributed by atoms with Gasteiger partial charge in [-0.05, 0) is 12.8 Å². The van der Waals surface area contributed by atoms with Crippen LogP contribution in [0.15, 0.2) is 0 Å².